The lowest BCUT2D eigenvalue weighted by Gasteiger charge is -2.24. The first-order valence-electron chi connectivity index (χ1n) is 15.4. The quantitative estimate of drug-likeness (QED) is 0.191. The van der Waals surface area contributed by atoms with Gasteiger partial charge in [0.2, 0.25) is 5.91 Å². The number of amidine groups is 1. The number of alkyl halides is 1. The number of hydrazine groups is 2. The number of amides is 1. The highest BCUT2D eigenvalue weighted by atomic mass is 35.5. The van der Waals surface area contributed by atoms with E-state index in [4.69, 9.17) is 17.3 Å². The Bertz CT molecular complexity index is 1730. The van der Waals surface area contributed by atoms with Crippen LogP contribution in [0.5, 0.6) is 0 Å². The van der Waals surface area contributed by atoms with Gasteiger partial charge in [-0.2, -0.15) is 0 Å². The molecule has 1 amide bonds. The SMILES string of the molecule is CCC(c1ccc(C2=C3C=CC(N4C=C(C5CC5)NN4)=[N+]3[B]n3c(NCc4ccccc4C)ccc32)cc1)C(Cl)CC(N)=O. The van der Waals surface area contributed by atoms with Crippen LogP contribution in [0.4, 0.5) is 5.82 Å². The molecule has 7 rings (SSSR count). The Hall–Kier alpha value is -4.21. The number of benzene rings is 2. The number of hydrogen-bond acceptors (Lipinski definition) is 5. The second-order valence-electron chi connectivity index (χ2n) is 12.0. The molecule has 1 saturated carbocycles. The molecule has 1 radical (unpaired) electrons. The van der Waals surface area contributed by atoms with Crippen LogP contribution in [0.3, 0.4) is 0 Å². The Balaban J connectivity index is 1.26. The van der Waals surface area contributed by atoms with Crippen molar-refractivity contribution in [3.63, 3.8) is 0 Å². The molecular formula is C34H37BClN7O+. The number of nitrogens with two attached hydrogens (primary N) is 1. The van der Waals surface area contributed by atoms with Crippen molar-refractivity contribution in [3.05, 3.63) is 118 Å². The minimum Gasteiger partial charge on any atom is -0.370 e. The molecule has 223 valence electrons. The van der Waals surface area contributed by atoms with Gasteiger partial charge in [-0.25, -0.2) is 0 Å². The van der Waals surface area contributed by atoms with Crippen LogP contribution >= 0.6 is 11.6 Å². The topological polar surface area (TPSA) is 90.4 Å². The van der Waals surface area contributed by atoms with Gasteiger partial charge < -0.3 is 15.5 Å². The minimum atomic E-state index is -0.375. The first-order chi connectivity index (χ1) is 21.4. The van der Waals surface area contributed by atoms with Gasteiger partial charge in [0.25, 0.3) is 5.84 Å². The normalized spacial score (nSPS) is 18.4. The Morgan fingerprint density at radius 3 is 2.66 bits per heavy atom. The second-order valence-corrected chi connectivity index (χ2v) is 12.5. The number of hydrogen-bond donors (Lipinski definition) is 4. The summed E-state index contributed by atoms with van der Waals surface area (Å²) in [7, 11) is 2.16. The minimum absolute atomic E-state index is 0.0423. The average molecular weight is 606 g/mol. The third kappa shape index (κ3) is 5.35. The molecule has 2 unspecified atom stereocenters. The number of nitrogens with zero attached hydrogens (tertiary/aromatic N) is 3. The number of nitrogens with one attached hydrogen (secondary N) is 3. The molecule has 0 spiro atoms. The second kappa shape index (κ2) is 11.7. The molecular weight excluding hydrogens is 569 g/mol. The smallest absolute Gasteiger partial charge is 0.370 e. The van der Waals surface area contributed by atoms with E-state index in [2.05, 4.69) is 131 Å². The van der Waals surface area contributed by atoms with Gasteiger partial charge in [-0.15, -0.1) is 16.6 Å². The van der Waals surface area contributed by atoms with Gasteiger partial charge in [0.1, 0.15) is 11.9 Å². The Morgan fingerprint density at radius 1 is 1.14 bits per heavy atom. The molecule has 1 fully saturated rings. The standard InChI is InChI=1S/C34H37BClN7O/c1-3-26(27(36)18-31(37)44)22-8-12-24(13-9-22)34-29-14-16-32(38-19-25-7-5-4-6-21(25)2)42(29)35-43-30(34)15-17-33(43)41-20-28(39-40-41)23-10-11-23/h4-9,12-17,20,23,26-27,38-40H,3,10-11,18-19H2,1-2H3,(H2,37,44)/q+1. The number of anilines is 1. The molecule has 2 atom stereocenters. The van der Waals surface area contributed by atoms with Gasteiger partial charge in [-0.3, -0.25) is 14.7 Å². The Kier molecular flexibility index (Phi) is 7.60. The highest BCUT2D eigenvalue weighted by Crippen LogP contribution is 2.39. The Labute approximate surface area is 264 Å². The monoisotopic (exact) mass is 605 g/mol. The molecule has 1 aromatic heterocycles. The number of allylic oxidation sites excluding steroid dienone is 2. The molecule has 3 aromatic rings. The van der Waals surface area contributed by atoms with E-state index in [1.165, 1.54) is 29.7 Å². The van der Waals surface area contributed by atoms with Gasteiger partial charge in [-0.1, -0.05) is 61.0 Å². The number of rotatable bonds is 10. The summed E-state index contributed by atoms with van der Waals surface area (Å²) in [6.07, 6.45) is 9.96. The number of fused-ring (bicyclic) bond motifs is 2. The summed E-state index contributed by atoms with van der Waals surface area (Å²) in [6.45, 7) is 4.97. The van der Waals surface area contributed by atoms with E-state index in [9.17, 15) is 4.79 Å². The van der Waals surface area contributed by atoms with E-state index < -0.39 is 0 Å². The van der Waals surface area contributed by atoms with Crippen LogP contribution in [0, 0.1) is 12.8 Å². The first kappa shape index (κ1) is 28.6. The van der Waals surface area contributed by atoms with Crippen LogP contribution in [0.15, 0.2) is 90.4 Å². The maximum absolute atomic E-state index is 11.6. The van der Waals surface area contributed by atoms with Crippen molar-refractivity contribution in [1.29, 1.82) is 0 Å². The fourth-order valence-corrected chi connectivity index (χ4v) is 6.88. The van der Waals surface area contributed by atoms with Crippen LogP contribution in [-0.2, 0) is 11.3 Å². The van der Waals surface area contributed by atoms with Gasteiger partial charge in [0, 0.05) is 47.5 Å². The van der Waals surface area contributed by atoms with Gasteiger partial charge in [0.05, 0.1) is 11.5 Å². The fraction of sp³-hybridized carbons (Fsp3) is 0.294. The van der Waals surface area contributed by atoms with Crippen molar-refractivity contribution < 1.29 is 9.28 Å². The van der Waals surface area contributed by atoms with Crippen LogP contribution in [0.2, 0.25) is 0 Å². The molecule has 44 heavy (non-hydrogen) atoms. The zero-order chi connectivity index (χ0) is 30.4. The molecule has 0 saturated heterocycles. The number of aryl methyl sites for hydroxylation is 1. The Morgan fingerprint density at radius 2 is 1.93 bits per heavy atom. The largest absolute Gasteiger partial charge is 0.553 e. The van der Waals surface area contributed by atoms with Crippen molar-refractivity contribution in [2.75, 3.05) is 5.32 Å². The van der Waals surface area contributed by atoms with E-state index in [0.29, 0.717) is 5.92 Å². The summed E-state index contributed by atoms with van der Waals surface area (Å²) in [4.78, 5) is 11.6. The van der Waals surface area contributed by atoms with Crippen LogP contribution < -0.4 is 22.0 Å². The summed E-state index contributed by atoms with van der Waals surface area (Å²) in [5.41, 5.74) is 21.5. The van der Waals surface area contributed by atoms with E-state index >= 15 is 0 Å². The third-order valence-electron chi connectivity index (χ3n) is 9.03. The molecule has 10 heteroatoms. The van der Waals surface area contributed by atoms with Crippen LogP contribution in [0.1, 0.15) is 66.5 Å². The van der Waals surface area contributed by atoms with E-state index in [1.54, 1.807) is 0 Å². The first-order valence-corrected chi connectivity index (χ1v) is 15.8. The number of carbonyl (C=O) groups excluding carboxylic acids is 1. The number of primary amides is 1. The van der Waals surface area contributed by atoms with Gasteiger partial charge >= 0.3 is 7.55 Å². The van der Waals surface area contributed by atoms with E-state index in [-0.39, 0.29) is 23.6 Å². The van der Waals surface area contributed by atoms with Crippen molar-refractivity contribution in [1.82, 2.24) is 20.4 Å². The molecule has 0 bridgehead atoms. The highest BCUT2D eigenvalue weighted by Gasteiger charge is 2.39. The van der Waals surface area contributed by atoms with Gasteiger partial charge in [0.15, 0.2) is 0 Å². The van der Waals surface area contributed by atoms with Gasteiger partial charge in [-0.05, 0) is 66.6 Å². The molecule has 1 aliphatic carbocycles. The molecule has 4 heterocycles. The predicted molar refractivity (Wildman–Crippen MR) is 176 cm³/mol. The van der Waals surface area contributed by atoms with Crippen molar-refractivity contribution in [2.24, 2.45) is 11.7 Å². The zero-order valence-corrected chi connectivity index (χ0v) is 25.8. The zero-order valence-electron chi connectivity index (χ0n) is 25.1. The summed E-state index contributed by atoms with van der Waals surface area (Å²) in [5.74, 6) is 2.32. The fourth-order valence-electron chi connectivity index (χ4n) is 6.40. The number of aromatic nitrogens is 1. The lowest BCUT2D eigenvalue weighted by Crippen LogP contribution is -2.44. The predicted octanol–water partition coefficient (Wildman–Crippen LogP) is 5.10. The average Bonchev–Trinajstić information content (AvgIpc) is 3.40. The van der Waals surface area contributed by atoms with Crippen LogP contribution in [0.25, 0.3) is 5.57 Å². The van der Waals surface area contributed by atoms with Crippen LogP contribution in [-0.4, -0.2) is 38.6 Å². The summed E-state index contributed by atoms with van der Waals surface area (Å²) < 4.78 is 4.48. The molecule has 4 aliphatic rings. The lowest BCUT2D eigenvalue weighted by molar-refractivity contribution is -0.320. The summed E-state index contributed by atoms with van der Waals surface area (Å²) >= 11 is 6.64. The number of carbonyl (C=O) groups is 1. The van der Waals surface area contributed by atoms with Crippen molar-refractivity contribution in [2.45, 2.75) is 57.4 Å². The van der Waals surface area contributed by atoms with E-state index in [0.717, 1.165) is 52.7 Å². The maximum Gasteiger partial charge on any atom is 0.553 e. The number of halogens is 1. The summed E-state index contributed by atoms with van der Waals surface area (Å²) in [6, 6.07) is 21.4. The van der Waals surface area contributed by atoms with Crippen molar-refractivity contribution in [3.8, 4) is 0 Å². The summed E-state index contributed by atoms with van der Waals surface area (Å²) in [5, 5.41) is 5.41. The molecule has 8 nitrogen and oxygen atoms in total. The maximum atomic E-state index is 11.6. The molecule has 3 aliphatic heterocycles. The van der Waals surface area contributed by atoms with Crippen molar-refractivity contribution >= 4 is 42.3 Å². The van der Waals surface area contributed by atoms with E-state index in [1.807, 2.05) is 0 Å². The third-order valence-corrected chi connectivity index (χ3v) is 9.49. The molecule has 2 aromatic carbocycles. The molecule has 5 N–H and O–H groups in total. The highest BCUT2D eigenvalue weighted by molar-refractivity contribution is 6.30. The lowest BCUT2D eigenvalue weighted by atomic mass is 9.88.